The third-order valence-electron chi connectivity index (χ3n) is 4.97. The van der Waals surface area contributed by atoms with Crippen LogP contribution < -0.4 is 14.8 Å². The van der Waals surface area contributed by atoms with Crippen LogP contribution in [0, 0.1) is 0 Å². The fraction of sp³-hybridized carbons (Fsp3) is 0.368. The molecule has 1 N–H and O–H groups in total. The van der Waals surface area contributed by atoms with Crippen LogP contribution in [-0.4, -0.2) is 39.6 Å². The highest BCUT2D eigenvalue weighted by Gasteiger charge is 2.21. The predicted molar refractivity (Wildman–Crippen MR) is 102 cm³/mol. The quantitative estimate of drug-likeness (QED) is 0.761. The van der Waals surface area contributed by atoms with Gasteiger partial charge in [-0.2, -0.15) is 8.75 Å². The molecule has 2 aliphatic heterocycles. The summed E-state index contributed by atoms with van der Waals surface area (Å²) in [6.45, 7) is 3.43. The molecule has 1 aromatic heterocycles. The lowest BCUT2D eigenvalue weighted by molar-refractivity contribution is 0.174. The summed E-state index contributed by atoms with van der Waals surface area (Å²) in [4.78, 5) is 2.51. The molecule has 2 aliphatic rings. The van der Waals surface area contributed by atoms with Gasteiger partial charge >= 0.3 is 0 Å². The van der Waals surface area contributed by atoms with Gasteiger partial charge in [-0.05, 0) is 49.2 Å². The summed E-state index contributed by atoms with van der Waals surface area (Å²) in [5.41, 5.74) is 4.38. The molecule has 0 aliphatic carbocycles. The Morgan fingerprint density at radius 2 is 2.00 bits per heavy atom. The van der Waals surface area contributed by atoms with Crippen molar-refractivity contribution in [3.05, 3.63) is 42.0 Å². The molecule has 6 nitrogen and oxygen atoms in total. The number of nitrogens with zero attached hydrogens (tertiary/aromatic N) is 3. The normalized spacial score (nSPS) is 19.8. The number of anilines is 1. The zero-order valence-electron chi connectivity index (χ0n) is 14.4. The lowest BCUT2D eigenvalue weighted by Gasteiger charge is -2.33. The number of hydrogen-bond acceptors (Lipinski definition) is 7. The molecule has 3 aromatic rings. The number of rotatable bonds is 4. The number of nitrogens with one attached hydrogen (secondary N) is 1. The topological polar surface area (TPSA) is 59.5 Å². The molecular weight excluding hydrogens is 348 g/mol. The van der Waals surface area contributed by atoms with Crippen molar-refractivity contribution >= 4 is 28.4 Å². The highest BCUT2D eigenvalue weighted by atomic mass is 32.1. The van der Waals surface area contributed by atoms with E-state index in [0.29, 0.717) is 12.8 Å². The van der Waals surface area contributed by atoms with E-state index < -0.39 is 0 Å². The Labute approximate surface area is 156 Å². The van der Waals surface area contributed by atoms with Crippen molar-refractivity contribution < 1.29 is 9.47 Å². The van der Waals surface area contributed by atoms with E-state index in [-0.39, 0.29) is 0 Å². The van der Waals surface area contributed by atoms with E-state index in [9.17, 15) is 0 Å². The molecule has 5 rings (SSSR count). The lowest BCUT2D eigenvalue weighted by atomic mass is 10.0. The summed E-state index contributed by atoms with van der Waals surface area (Å²) < 4.78 is 19.5. The zero-order valence-corrected chi connectivity index (χ0v) is 15.2. The first-order valence-corrected chi connectivity index (χ1v) is 9.66. The molecule has 1 saturated heterocycles. The second-order valence-electron chi connectivity index (χ2n) is 6.87. The maximum Gasteiger partial charge on any atom is 0.231 e. The molecule has 3 heterocycles. The molecule has 0 bridgehead atoms. The minimum atomic E-state index is 0.314. The lowest BCUT2D eigenvalue weighted by Crippen LogP contribution is -2.41. The molecule has 2 aromatic carbocycles. The molecule has 1 unspecified atom stereocenters. The van der Waals surface area contributed by atoms with Gasteiger partial charge in [0, 0.05) is 30.9 Å². The monoisotopic (exact) mass is 368 g/mol. The third-order valence-corrected chi connectivity index (χ3v) is 5.53. The van der Waals surface area contributed by atoms with Crippen molar-refractivity contribution in [2.75, 3.05) is 25.2 Å². The molecular formula is C19H20N4O2S. The number of fused-ring (bicyclic) bond motifs is 2. The van der Waals surface area contributed by atoms with Crippen LogP contribution in [0.25, 0.3) is 11.0 Å². The van der Waals surface area contributed by atoms with Crippen molar-refractivity contribution in [1.82, 2.24) is 13.6 Å². The Bertz CT molecular complexity index is 929. The first-order valence-electron chi connectivity index (χ1n) is 8.93. The molecule has 0 spiro atoms. The maximum atomic E-state index is 5.47. The van der Waals surface area contributed by atoms with E-state index in [0.717, 1.165) is 47.9 Å². The van der Waals surface area contributed by atoms with Crippen LogP contribution in [-0.2, 0) is 6.54 Å². The van der Waals surface area contributed by atoms with Crippen LogP contribution in [0.2, 0.25) is 0 Å². The average molecular weight is 368 g/mol. The van der Waals surface area contributed by atoms with Gasteiger partial charge in [-0.25, -0.2) is 0 Å². The van der Waals surface area contributed by atoms with Gasteiger partial charge in [0.2, 0.25) is 6.79 Å². The average Bonchev–Trinajstić information content (AvgIpc) is 3.30. The summed E-state index contributed by atoms with van der Waals surface area (Å²) in [5, 5.41) is 3.65. The van der Waals surface area contributed by atoms with Gasteiger partial charge in [-0.15, -0.1) is 0 Å². The molecule has 134 valence electrons. The smallest absolute Gasteiger partial charge is 0.231 e. The van der Waals surface area contributed by atoms with Crippen LogP contribution in [0.3, 0.4) is 0 Å². The summed E-state index contributed by atoms with van der Waals surface area (Å²) in [7, 11) is 0. The zero-order chi connectivity index (χ0) is 17.3. The third kappa shape index (κ3) is 3.20. The molecule has 0 amide bonds. The standard InChI is InChI=1S/C19H20N4O2S/c1-2-15(20-14-4-6-18-19(9-14)25-12-24-18)11-23(7-1)10-13-3-5-16-17(8-13)22-26-21-16/h3-6,8-9,15,20H,1-2,7,10-12H2. The molecule has 7 heteroatoms. The Balaban J connectivity index is 1.24. The Kier molecular flexibility index (Phi) is 4.10. The SMILES string of the molecule is c1cc2nsnc2cc1CN1CCCC(Nc2ccc3c(c2)OCO3)C1. The number of benzene rings is 2. The second-order valence-corrected chi connectivity index (χ2v) is 7.40. The first-order chi connectivity index (χ1) is 12.8. The Morgan fingerprint density at radius 3 is 3.00 bits per heavy atom. The summed E-state index contributed by atoms with van der Waals surface area (Å²) in [6.07, 6.45) is 2.38. The van der Waals surface area contributed by atoms with Crippen LogP contribution in [0.15, 0.2) is 36.4 Å². The molecule has 26 heavy (non-hydrogen) atoms. The largest absolute Gasteiger partial charge is 0.454 e. The maximum absolute atomic E-state index is 5.47. The number of piperidine rings is 1. The summed E-state index contributed by atoms with van der Waals surface area (Å²) in [6, 6.07) is 12.9. The van der Waals surface area contributed by atoms with Crippen LogP contribution in [0.1, 0.15) is 18.4 Å². The fourth-order valence-corrected chi connectivity index (χ4v) is 4.24. The van der Waals surface area contributed by atoms with E-state index >= 15 is 0 Å². The van der Waals surface area contributed by atoms with Gasteiger partial charge in [-0.1, -0.05) is 6.07 Å². The fourth-order valence-electron chi connectivity index (χ4n) is 3.72. The number of aromatic nitrogens is 2. The van der Waals surface area contributed by atoms with E-state index in [1.54, 1.807) is 0 Å². The van der Waals surface area contributed by atoms with Gasteiger partial charge in [0.05, 0.1) is 11.7 Å². The van der Waals surface area contributed by atoms with Crippen molar-refractivity contribution in [3.8, 4) is 11.5 Å². The van der Waals surface area contributed by atoms with Gasteiger partial charge in [0.1, 0.15) is 11.0 Å². The van der Waals surface area contributed by atoms with Crippen LogP contribution in [0.4, 0.5) is 5.69 Å². The van der Waals surface area contributed by atoms with Crippen molar-refractivity contribution in [1.29, 1.82) is 0 Å². The van der Waals surface area contributed by atoms with E-state index in [2.05, 4.69) is 43.2 Å². The highest BCUT2D eigenvalue weighted by molar-refractivity contribution is 7.00. The Morgan fingerprint density at radius 1 is 1.08 bits per heavy atom. The van der Waals surface area contributed by atoms with Crippen LogP contribution >= 0.6 is 11.7 Å². The number of ether oxygens (including phenoxy) is 2. The number of likely N-dealkylation sites (tertiary alicyclic amines) is 1. The highest BCUT2D eigenvalue weighted by Crippen LogP contribution is 2.34. The Hall–Kier alpha value is -2.38. The van der Waals surface area contributed by atoms with E-state index in [4.69, 9.17) is 9.47 Å². The first kappa shape index (κ1) is 15.8. The molecule has 0 radical (unpaired) electrons. The second kappa shape index (κ2) is 6.74. The molecule has 0 saturated carbocycles. The number of hydrogen-bond donors (Lipinski definition) is 1. The minimum absolute atomic E-state index is 0.314. The van der Waals surface area contributed by atoms with Gasteiger partial charge in [-0.3, -0.25) is 4.90 Å². The van der Waals surface area contributed by atoms with E-state index in [1.165, 1.54) is 30.1 Å². The summed E-state index contributed by atoms with van der Waals surface area (Å²) >= 11 is 1.27. The van der Waals surface area contributed by atoms with Gasteiger partial charge in [0.25, 0.3) is 0 Å². The molecule has 1 fully saturated rings. The van der Waals surface area contributed by atoms with Gasteiger partial charge < -0.3 is 14.8 Å². The van der Waals surface area contributed by atoms with Crippen molar-refractivity contribution in [3.63, 3.8) is 0 Å². The van der Waals surface area contributed by atoms with Gasteiger partial charge in [0.15, 0.2) is 11.5 Å². The van der Waals surface area contributed by atoms with Crippen molar-refractivity contribution in [2.45, 2.75) is 25.4 Å². The predicted octanol–water partition coefficient (Wildman–Crippen LogP) is 3.50. The van der Waals surface area contributed by atoms with E-state index in [1.807, 2.05) is 12.1 Å². The summed E-state index contributed by atoms with van der Waals surface area (Å²) in [5.74, 6) is 1.65. The minimum Gasteiger partial charge on any atom is -0.454 e. The van der Waals surface area contributed by atoms with Crippen LogP contribution in [0.5, 0.6) is 11.5 Å². The molecule has 1 atom stereocenters. The van der Waals surface area contributed by atoms with Crippen molar-refractivity contribution in [2.24, 2.45) is 0 Å².